The van der Waals surface area contributed by atoms with Crippen molar-refractivity contribution in [2.24, 2.45) is 5.92 Å². The average Bonchev–Trinajstić information content (AvgIpc) is 3.12. The fraction of sp³-hybridized carbons (Fsp3) is 0.217. The van der Waals surface area contributed by atoms with Gasteiger partial charge in [0.15, 0.2) is 11.2 Å². The Hall–Kier alpha value is -2.43. The standard InChI is InChI=1S/C23H16BrClN2O3/c24-15-8-6-14(7-9-15)23-19(13-4-2-1-3-5-13)17(11-26)21(28)22(23,29)20-18(30-23)10-16(25)12-27-20/h1-10,12,17,19,21,28-29H. The Morgan fingerprint density at radius 2 is 1.83 bits per heavy atom. The van der Waals surface area contributed by atoms with Crippen LogP contribution >= 0.6 is 27.5 Å². The fourth-order valence-corrected chi connectivity index (χ4v) is 5.38. The maximum absolute atomic E-state index is 12.1. The minimum Gasteiger partial charge on any atom is -0.476 e. The van der Waals surface area contributed by atoms with Crippen LogP contribution in [0.3, 0.4) is 0 Å². The highest BCUT2D eigenvalue weighted by molar-refractivity contribution is 9.10. The number of aliphatic hydroxyl groups is 2. The van der Waals surface area contributed by atoms with E-state index in [4.69, 9.17) is 16.3 Å². The Kier molecular flexibility index (Phi) is 4.42. The topological polar surface area (TPSA) is 86.4 Å². The molecule has 5 unspecified atom stereocenters. The predicted octanol–water partition coefficient (Wildman–Crippen LogP) is 4.27. The first-order chi connectivity index (χ1) is 14.4. The minimum atomic E-state index is -1.94. The number of hydrogen-bond donors (Lipinski definition) is 2. The minimum absolute atomic E-state index is 0.181. The molecule has 1 saturated carbocycles. The summed E-state index contributed by atoms with van der Waals surface area (Å²) < 4.78 is 7.33. The second-order valence-electron chi connectivity index (χ2n) is 7.60. The van der Waals surface area contributed by atoms with Gasteiger partial charge in [-0.1, -0.05) is 70.0 Å². The van der Waals surface area contributed by atoms with Crippen LogP contribution in [-0.2, 0) is 11.2 Å². The number of hydrogen-bond acceptors (Lipinski definition) is 5. The SMILES string of the molecule is N#CC1C(O)C2(O)c3ncc(Cl)cc3OC2(c2ccc(Br)cc2)C1c1ccccc1. The molecule has 0 amide bonds. The summed E-state index contributed by atoms with van der Waals surface area (Å²) in [5, 5.41) is 33.8. The second kappa shape index (κ2) is 6.79. The summed E-state index contributed by atoms with van der Waals surface area (Å²) in [4.78, 5) is 4.32. The molecule has 5 rings (SSSR count). The molecule has 1 aromatic heterocycles. The maximum Gasteiger partial charge on any atom is 0.182 e. The summed E-state index contributed by atoms with van der Waals surface area (Å²) in [5.74, 6) is -1.28. The second-order valence-corrected chi connectivity index (χ2v) is 8.95. The Morgan fingerprint density at radius 1 is 1.13 bits per heavy atom. The fourth-order valence-electron chi connectivity index (χ4n) is 4.97. The summed E-state index contributed by atoms with van der Waals surface area (Å²) in [7, 11) is 0. The molecule has 1 aliphatic carbocycles. The van der Waals surface area contributed by atoms with Crippen LogP contribution in [0.5, 0.6) is 5.75 Å². The molecule has 7 heteroatoms. The molecule has 1 fully saturated rings. The number of aliphatic hydroxyl groups excluding tert-OH is 1. The summed E-state index contributed by atoms with van der Waals surface area (Å²) in [6, 6.07) is 20.5. The maximum atomic E-state index is 12.1. The molecule has 30 heavy (non-hydrogen) atoms. The van der Waals surface area contributed by atoms with Gasteiger partial charge >= 0.3 is 0 Å². The first kappa shape index (κ1) is 19.5. The molecule has 2 heterocycles. The van der Waals surface area contributed by atoms with Gasteiger partial charge in [0.1, 0.15) is 17.5 Å². The lowest BCUT2D eigenvalue weighted by atomic mass is 9.71. The Labute approximate surface area is 186 Å². The van der Waals surface area contributed by atoms with Gasteiger partial charge in [-0.15, -0.1) is 0 Å². The van der Waals surface area contributed by atoms with Gasteiger partial charge in [-0.25, -0.2) is 0 Å². The Morgan fingerprint density at radius 3 is 2.50 bits per heavy atom. The van der Waals surface area contributed by atoms with Crippen LogP contribution in [0.1, 0.15) is 22.7 Å². The number of pyridine rings is 1. The number of rotatable bonds is 2. The molecular weight excluding hydrogens is 468 g/mol. The van der Waals surface area contributed by atoms with E-state index in [9.17, 15) is 15.5 Å². The van der Waals surface area contributed by atoms with Crippen LogP contribution in [0.2, 0.25) is 5.02 Å². The molecule has 0 saturated heterocycles. The Bertz CT molecular complexity index is 1170. The van der Waals surface area contributed by atoms with Crippen LogP contribution in [0.4, 0.5) is 0 Å². The molecule has 5 nitrogen and oxygen atoms in total. The highest BCUT2D eigenvalue weighted by atomic mass is 79.9. The van der Waals surface area contributed by atoms with Crippen molar-refractivity contribution < 1.29 is 14.9 Å². The van der Waals surface area contributed by atoms with Crippen LogP contribution in [-0.4, -0.2) is 21.3 Å². The van der Waals surface area contributed by atoms with Gasteiger partial charge in [0, 0.05) is 16.7 Å². The zero-order valence-corrected chi connectivity index (χ0v) is 17.9. The van der Waals surface area contributed by atoms with E-state index in [1.165, 1.54) is 6.20 Å². The monoisotopic (exact) mass is 482 g/mol. The van der Waals surface area contributed by atoms with Gasteiger partial charge in [0.2, 0.25) is 0 Å². The van der Waals surface area contributed by atoms with E-state index >= 15 is 0 Å². The number of halogens is 2. The first-order valence-electron chi connectivity index (χ1n) is 9.39. The molecule has 2 aromatic carbocycles. The molecule has 0 spiro atoms. The van der Waals surface area contributed by atoms with Crippen molar-refractivity contribution in [3.05, 3.63) is 93.2 Å². The van der Waals surface area contributed by atoms with Gasteiger partial charge in [-0.2, -0.15) is 5.26 Å². The number of nitriles is 1. The zero-order chi connectivity index (χ0) is 21.1. The molecule has 2 N–H and O–H groups in total. The molecular formula is C23H16BrClN2O3. The molecule has 3 aromatic rings. The summed E-state index contributed by atoms with van der Waals surface area (Å²) in [5.41, 5.74) is -1.81. The number of aromatic nitrogens is 1. The van der Waals surface area contributed by atoms with E-state index < -0.39 is 29.1 Å². The van der Waals surface area contributed by atoms with E-state index in [-0.39, 0.29) is 5.69 Å². The third-order valence-electron chi connectivity index (χ3n) is 6.16. The van der Waals surface area contributed by atoms with E-state index in [2.05, 4.69) is 27.0 Å². The average molecular weight is 484 g/mol. The van der Waals surface area contributed by atoms with Crippen molar-refractivity contribution in [2.75, 3.05) is 0 Å². The van der Waals surface area contributed by atoms with Crippen molar-refractivity contribution >= 4 is 27.5 Å². The quantitative estimate of drug-likeness (QED) is 0.568. The molecule has 2 aliphatic rings. The number of benzene rings is 2. The third-order valence-corrected chi connectivity index (χ3v) is 6.90. The smallest absolute Gasteiger partial charge is 0.182 e. The first-order valence-corrected chi connectivity index (χ1v) is 10.6. The summed E-state index contributed by atoms with van der Waals surface area (Å²) in [6.07, 6.45) is -0.0187. The summed E-state index contributed by atoms with van der Waals surface area (Å²) in [6.45, 7) is 0. The van der Waals surface area contributed by atoms with Gasteiger partial charge in [0.25, 0.3) is 0 Å². The lowest BCUT2D eigenvalue weighted by Gasteiger charge is -2.40. The highest BCUT2D eigenvalue weighted by Gasteiger charge is 2.77. The van der Waals surface area contributed by atoms with Crippen molar-refractivity contribution in [1.82, 2.24) is 4.98 Å². The van der Waals surface area contributed by atoms with Crippen LogP contribution in [0, 0.1) is 17.2 Å². The van der Waals surface area contributed by atoms with E-state index in [1.54, 1.807) is 6.07 Å². The van der Waals surface area contributed by atoms with Gasteiger partial charge in [-0.05, 0) is 23.3 Å². The van der Waals surface area contributed by atoms with Crippen molar-refractivity contribution in [1.29, 1.82) is 5.26 Å². The van der Waals surface area contributed by atoms with Gasteiger partial charge in [-0.3, -0.25) is 4.98 Å². The molecule has 0 bridgehead atoms. The largest absolute Gasteiger partial charge is 0.476 e. The normalized spacial score (nSPS) is 31.5. The highest BCUT2D eigenvalue weighted by Crippen LogP contribution is 2.67. The molecule has 5 atom stereocenters. The number of fused-ring (bicyclic) bond motifs is 3. The van der Waals surface area contributed by atoms with Gasteiger partial charge < -0.3 is 14.9 Å². The lowest BCUT2D eigenvalue weighted by Crippen LogP contribution is -2.52. The Balaban J connectivity index is 1.86. The van der Waals surface area contributed by atoms with Crippen LogP contribution in [0.15, 0.2) is 71.3 Å². The van der Waals surface area contributed by atoms with Crippen LogP contribution < -0.4 is 4.74 Å². The molecule has 1 aliphatic heterocycles. The zero-order valence-electron chi connectivity index (χ0n) is 15.5. The van der Waals surface area contributed by atoms with Crippen molar-refractivity contribution in [2.45, 2.75) is 23.2 Å². The van der Waals surface area contributed by atoms with E-state index in [0.717, 1.165) is 10.0 Å². The lowest BCUT2D eigenvalue weighted by molar-refractivity contribution is -0.152. The van der Waals surface area contributed by atoms with E-state index in [0.29, 0.717) is 16.3 Å². The van der Waals surface area contributed by atoms with Crippen LogP contribution in [0.25, 0.3) is 0 Å². The molecule has 150 valence electrons. The van der Waals surface area contributed by atoms with Gasteiger partial charge in [0.05, 0.1) is 22.9 Å². The van der Waals surface area contributed by atoms with Crippen molar-refractivity contribution in [3.63, 3.8) is 0 Å². The molecule has 0 radical (unpaired) electrons. The van der Waals surface area contributed by atoms with Crippen molar-refractivity contribution in [3.8, 4) is 11.8 Å². The number of nitrogens with zero attached hydrogens (tertiary/aromatic N) is 2. The number of ether oxygens (including phenoxy) is 1. The third kappa shape index (κ3) is 2.38. The summed E-state index contributed by atoms with van der Waals surface area (Å²) >= 11 is 9.58. The predicted molar refractivity (Wildman–Crippen MR) is 114 cm³/mol. The van der Waals surface area contributed by atoms with E-state index in [1.807, 2.05) is 54.6 Å².